The summed E-state index contributed by atoms with van der Waals surface area (Å²) in [6.45, 7) is 0.406. The van der Waals surface area contributed by atoms with Crippen LogP contribution in [0.25, 0.3) is 0 Å². The lowest BCUT2D eigenvalue weighted by Crippen LogP contribution is -2.32. The number of nitrogens with one attached hydrogen (secondary N) is 4. The lowest BCUT2D eigenvalue weighted by molar-refractivity contribution is 0.242. The van der Waals surface area contributed by atoms with Gasteiger partial charge in [-0.25, -0.2) is 9.59 Å². The monoisotopic (exact) mass is 236 g/mol. The summed E-state index contributed by atoms with van der Waals surface area (Å²) in [4.78, 5) is 22.1. The molecule has 1 aromatic rings. The first-order chi connectivity index (χ1) is 8.15. The van der Waals surface area contributed by atoms with Crippen LogP contribution in [0, 0.1) is 0 Å². The first-order valence-corrected chi connectivity index (χ1v) is 5.19. The fourth-order valence-electron chi connectivity index (χ4n) is 1.22. The van der Waals surface area contributed by atoms with E-state index >= 15 is 0 Å². The topological polar surface area (TPSA) is 82.3 Å². The molecule has 92 valence electrons. The number of amides is 4. The predicted molar refractivity (Wildman–Crippen MR) is 65.8 cm³/mol. The van der Waals surface area contributed by atoms with E-state index in [0.717, 1.165) is 5.56 Å². The second kappa shape index (κ2) is 6.37. The largest absolute Gasteiger partial charge is 0.341 e. The fourth-order valence-corrected chi connectivity index (χ4v) is 1.22. The Morgan fingerprint density at radius 3 is 2.47 bits per heavy atom. The van der Waals surface area contributed by atoms with Crippen molar-refractivity contribution in [1.82, 2.24) is 16.0 Å². The van der Waals surface area contributed by atoms with E-state index in [4.69, 9.17) is 0 Å². The van der Waals surface area contributed by atoms with E-state index in [0.29, 0.717) is 12.2 Å². The molecule has 0 saturated carbocycles. The number of hydrogen-bond donors (Lipinski definition) is 4. The Bertz CT molecular complexity index is 406. The summed E-state index contributed by atoms with van der Waals surface area (Å²) >= 11 is 0. The second-order valence-corrected chi connectivity index (χ2v) is 3.34. The van der Waals surface area contributed by atoms with Gasteiger partial charge in [-0.2, -0.15) is 0 Å². The van der Waals surface area contributed by atoms with E-state index in [1.54, 1.807) is 26.2 Å². The van der Waals surface area contributed by atoms with Crippen LogP contribution in [-0.2, 0) is 6.54 Å². The average Bonchev–Trinajstić information content (AvgIpc) is 2.36. The van der Waals surface area contributed by atoms with Crippen molar-refractivity contribution in [2.45, 2.75) is 6.54 Å². The molecule has 0 unspecified atom stereocenters. The highest BCUT2D eigenvalue weighted by molar-refractivity contribution is 5.89. The minimum atomic E-state index is -0.276. The van der Waals surface area contributed by atoms with Gasteiger partial charge in [-0.3, -0.25) is 0 Å². The Morgan fingerprint density at radius 2 is 1.82 bits per heavy atom. The number of benzene rings is 1. The van der Waals surface area contributed by atoms with Crippen molar-refractivity contribution in [3.8, 4) is 0 Å². The summed E-state index contributed by atoms with van der Waals surface area (Å²) in [5.74, 6) is 0. The standard InChI is InChI=1S/C11H16N4O2/c1-12-10(16)14-7-8-4-3-5-9(6-8)15-11(17)13-2/h3-6H,7H2,1-2H3,(H2,12,14,16)(H2,13,15,17). The van der Waals surface area contributed by atoms with Crippen LogP contribution in [0.1, 0.15) is 5.56 Å². The molecule has 6 heteroatoms. The van der Waals surface area contributed by atoms with Gasteiger partial charge in [-0.15, -0.1) is 0 Å². The molecule has 0 aromatic heterocycles. The lowest BCUT2D eigenvalue weighted by atomic mass is 10.2. The van der Waals surface area contributed by atoms with E-state index in [-0.39, 0.29) is 12.1 Å². The highest BCUT2D eigenvalue weighted by atomic mass is 16.2. The molecule has 1 aromatic carbocycles. The SMILES string of the molecule is CNC(=O)NCc1cccc(NC(=O)NC)c1. The van der Waals surface area contributed by atoms with Crippen molar-refractivity contribution in [2.24, 2.45) is 0 Å². The van der Waals surface area contributed by atoms with Gasteiger partial charge < -0.3 is 21.3 Å². The Labute approximate surface area is 99.8 Å². The summed E-state index contributed by atoms with van der Waals surface area (Å²) in [6, 6.07) is 6.73. The van der Waals surface area contributed by atoms with Crippen molar-refractivity contribution >= 4 is 17.7 Å². The third kappa shape index (κ3) is 4.42. The predicted octanol–water partition coefficient (Wildman–Crippen LogP) is 0.867. The molecule has 0 saturated heterocycles. The number of rotatable bonds is 3. The summed E-state index contributed by atoms with van der Waals surface area (Å²) in [5, 5.41) is 10.2. The van der Waals surface area contributed by atoms with Crippen LogP contribution in [0.3, 0.4) is 0 Å². The average molecular weight is 236 g/mol. The molecule has 0 fully saturated rings. The van der Waals surface area contributed by atoms with E-state index in [1.165, 1.54) is 0 Å². The van der Waals surface area contributed by atoms with Gasteiger partial charge >= 0.3 is 12.1 Å². The highest BCUT2D eigenvalue weighted by Crippen LogP contribution is 2.10. The van der Waals surface area contributed by atoms with Crippen molar-refractivity contribution in [3.63, 3.8) is 0 Å². The number of hydrogen-bond acceptors (Lipinski definition) is 2. The van der Waals surface area contributed by atoms with Crippen LogP contribution >= 0.6 is 0 Å². The van der Waals surface area contributed by atoms with E-state index in [9.17, 15) is 9.59 Å². The number of anilines is 1. The zero-order valence-electron chi connectivity index (χ0n) is 9.83. The summed E-state index contributed by atoms with van der Waals surface area (Å²) in [5.41, 5.74) is 1.59. The summed E-state index contributed by atoms with van der Waals surface area (Å²) < 4.78 is 0. The molecular weight excluding hydrogens is 220 g/mol. The Hall–Kier alpha value is -2.24. The summed E-state index contributed by atoms with van der Waals surface area (Å²) in [7, 11) is 3.10. The van der Waals surface area contributed by atoms with Crippen LogP contribution < -0.4 is 21.3 Å². The van der Waals surface area contributed by atoms with Crippen LogP contribution in [0.4, 0.5) is 15.3 Å². The van der Waals surface area contributed by atoms with Crippen molar-refractivity contribution in [3.05, 3.63) is 29.8 Å². The minimum absolute atomic E-state index is 0.241. The zero-order valence-corrected chi connectivity index (χ0v) is 9.83. The lowest BCUT2D eigenvalue weighted by Gasteiger charge is -2.08. The molecule has 6 nitrogen and oxygen atoms in total. The fraction of sp³-hybridized carbons (Fsp3) is 0.273. The van der Waals surface area contributed by atoms with Gasteiger partial charge in [0.05, 0.1) is 0 Å². The molecule has 4 N–H and O–H groups in total. The van der Waals surface area contributed by atoms with Crippen molar-refractivity contribution < 1.29 is 9.59 Å². The zero-order chi connectivity index (χ0) is 12.7. The molecule has 0 radical (unpaired) electrons. The van der Waals surface area contributed by atoms with Gasteiger partial charge in [-0.05, 0) is 17.7 Å². The smallest absolute Gasteiger partial charge is 0.318 e. The summed E-state index contributed by atoms with van der Waals surface area (Å²) in [6.07, 6.45) is 0. The Kier molecular flexibility index (Phi) is 4.80. The molecule has 0 heterocycles. The number of urea groups is 2. The quantitative estimate of drug-likeness (QED) is 0.628. The molecule has 4 amide bonds. The molecule has 0 bridgehead atoms. The maximum absolute atomic E-state index is 11.1. The maximum atomic E-state index is 11.1. The Balaban J connectivity index is 2.59. The van der Waals surface area contributed by atoms with Gasteiger partial charge in [0, 0.05) is 26.3 Å². The van der Waals surface area contributed by atoms with Crippen molar-refractivity contribution in [1.29, 1.82) is 0 Å². The molecule has 0 aliphatic heterocycles. The van der Waals surface area contributed by atoms with E-state index in [1.807, 2.05) is 12.1 Å². The van der Waals surface area contributed by atoms with Crippen LogP contribution in [0.5, 0.6) is 0 Å². The third-order valence-corrected chi connectivity index (χ3v) is 2.09. The van der Waals surface area contributed by atoms with Gasteiger partial charge in [0.25, 0.3) is 0 Å². The van der Waals surface area contributed by atoms with Gasteiger partial charge in [0.2, 0.25) is 0 Å². The molecule has 0 aliphatic rings. The van der Waals surface area contributed by atoms with Crippen LogP contribution in [-0.4, -0.2) is 26.2 Å². The van der Waals surface area contributed by atoms with E-state index in [2.05, 4.69) is 21.3 Å². The molecule has 0 aliphatic carbocycles. The number of carbonyl (C=O) groups is 2. The third-order valence-electron chi connectivity index (χ3n) is 2.09. The first-order valence-electron chi connectivity index (χ1n) is 5.19. The Morgan fingerprint density at radius 1 is 1.12 bits per heavy atom. The van der Waals surface area contributed by atoms with Crippen molar-refractivity contribution in [2.75, 3.05) is 19.4 Å². The maximum Gasteiger partial charge on any atom is 0.318 e. The number of carbonyl (C=O) groups excluding carboxylic acids is 2. The van der Waals surface area contributed by atoms with Crippen LogP contribution in [0.2, 0.25) is 0 Å². The first kappa shape index (κ1) is 12.8. The molecule has 0 spiro atoms. The van der Waals surface area contributed by atoms with Crippen LogP contribution in [0.15, 0.2) is 24.3 Å². The molecular formula is C11H16N4O2. The van der Waals surface area contributed by atoms with Gasteiger partial charge in [-0.1, -0.05) is 12.1 Å². The minimum Gasteiger partial charge on any atom is -0.341 e. The molecule has 17 heavy (non-hydrogen) atoms. The highest BCUT2D eigenvalue weighted by Gasteiger charge is 2.01. The molecule has 0 atom stereocenters. The van der Waals surface area contributed by atoms with Gasteiger partial charge in [0.1, 0.15) is 0 Å². The second-order valence-electron chi connectivity index (χ2n) is 3.34. The normalized spacial score (nSPS) is 9.29. The van der Waals surface area contributed by atoms with Gasteiger partial charge in [0.15, 0.2) is 0 Å². The van der Waals surface area contributed by atoms with E-state index < -0.39 is 0 Å². The molecule has 1 rings (SSSR count).